The molecule has 220 valence electrons. The van der Waals surface area contributed by atoms with E-state index < -0.39 is 23.8 Å². The van der Waals surface area contributed by atoms with Gasteiger partial charge in [0.25, 0.3) is 5.91 Å². The van der Waals surface area contributed by atoms with E-state index in [-0.39, 0.29) is 22.3 Å². The fourth-order valence-corrected chi connectivity index (χ4v) is 6.02. The van der Waals surface area contributed by atoms with Crippen molar-refractivity contribution in [2.45, 2.75) is 38.1 Å². The number of carboxylic acid groups (broad SMARTS) is 1. The zero-order valence-electron chi connectivity index (χ0n) is 23.1. The van der Waals surface area contributed by atoms with E-state index in [1.165, 1.54) is 18.2 Å². The van der Waals surface area contributed by atoms with E-state index in [1.807, 2.05) is 12.1 Å². The van der Waals surface area contributed by atoms with Gasteiger partial charge < -0.3 is 24.5 Å². The summed E-state index contributed by atoms with van der Waals surface area (Å²) < 4.78 is 28.6. The fourth-order valence-electron chi connectivity index (χ4n) is 5.87. The van der Waals surface area contributed by atoms with Gasteiger partial charge in [0.15, 0.2) is 5.75 Å². The lowest BCUT2D eigenvalue weighted by Gasteiger charge is -2.31. The van der Waals surface area contributed by atoms with Crippen LogP contribution < -0.4 is 10.1 Å². The molecule has 0 spiro atoms. The van der Waals surface area contributed by atoms with E-state index in [0.29, 0.717) is 31.1 Å². The summed E-state index contributed by atoms with van der Waals surface area (Å²) in [5, 5.41) is 12.6. The van der Waals surface area contributed by atoms with Crippen molar-refractivity contribution in [3.8, 4) is 5.75 Å². The number of amides is 1. The number of anilines is 1. The number of hydrogen-bond acceptors (Lipinski definition) is 6. The number of rotatable bonds is 7. The molecule has 2 atom stereocenters. The zero-order chi connectivity index (χ0) is 29.7. The van der Waals surface area contributed by atoms with Crippen molar-refractivity contribution >= 4 is 45.8 Å². The van der Waals surface area contributed by atoms with Crippen LogP contribution in [0, 0.1) is 5.82 Å². The summed E-state index contributed by atoms with van der Waals surface area (Å²) in [6, 6.07) is 14.8. The first-order valence-electron chi connectivity index (χ1n) is 14.2. The quantitative estimate of drug-likeness (QED) is 0.280. The van der Waals surface area contributed by atoms with Crippen molar-refractivity contribution < 1.29 is 28.6 Å². The summed E-state index contributed by atoms with van der Waals surface area (Å²) >= 11 is 5.92. The molecule has 0 aliphatic carbocycles. The van der Waals surface area contributed by atoms with Gasteiger partial charge >= 0.3 is 5.97 Å². The Hall–Kier alpha value is -4.25. The minimum atomic E-state index is -1.14. The molecule has 4 aromatic rings. The predicted molar refractivity (Wildman–Crippen MR) is 159 cm³/mol. The smallest absolute Gasteiger partial charge is 0.335 e. The topological polar surface area (TPSA) is 106 Å². The molecule has 9 nitrogen and oxygen atoms in total. The Morgan fingerprint density at radius 1 is 1.19 bits per heavy atom. The van der Waals surface area contributed by atoms with Crippen molar-refractivity contribution in [2.75, 3.05) is 25.0 Å². The van der Waals surface area contributed by atoms with Gasteiger partial charge in [0, 0.05) is 35.8 Å². The number of para-hydroxylation sites is 1. The minimum Gasteiger partial charge on any atom is -0.478 e. The van der Waals surface area contributed by atoms with Crippen molar-refractivity contribution in [1.82, 2.24) is 14.5 Å². The Labute approximate surface area is 251 Å². The SMILES string of the molecule is O=C(O)c1ccc2nc(CN3CC=C(c4cccc5c4OC(c4ccc(Cl)cc4F)C(=O)N5)CC3)n(C[C@@H]3CCO3)c2c1. The summed E-state index contributed by atoms with van der Waals surface area (Å²) in [7, 11) is 0. The van der Waals surface area contributed by atoms with Crippen LogP contribution in [0.3, 0.4) is 0 Å². The number of fused-ring (bicyclic) bond motifs is 2. The molecular weight excluding hydrogens is 575 g/mol. The van der Waals surface area contributed by atoms with Crippen molar-refractivity contribution in [3.63, 3.8) is 0 Å². The summed E-state index contributed by atoms with van der Waals surface area (Å²) in [6.07, 6.45) is 2.78. The van der Waals surface area contributed by atoms with E-state index >= 15 is 0 Å². The van der Waals surface area contributed by atoms with Gasteiger partial charge in [-0.3, -0.25) is 9.69 Å². The highest BCUT2D eigenvalue weighted by molar-refractivity contribution is 6.30. The monoisotopic (exact) mass is 602 g/mol. The minimum absolute atomic E-state index is 0.0902. The Bertz CT molecular complexity index is 1800. The standard InChI is InChI=1S/C32H28ClFN4O5/c33-20-5-6-23(24(34)15-20)30-31(39)36-26-3-1-2-22(29(26)43-30)18-8-11-37(12-9-18)17-28-35-25-7-4-19(32(40)41)14-27(25)38(28)16-21-10-13-42-21/h1-8,14-15,21,30H,9-13,16-17H2,(H,36,39)(H,40,41)/t21-,30?/m0/s1. The molecular formula is C32H28ClFN4O5. The van der Waals surface area contributed by atoms with Crippen LogP contribution >= 0.6 is 11.6 Å². The number of hydrogen-bond donors (Lipinski definition) is 2. The molecule has 0 bridgehead atoms. The van der Waals surface area contributed by atoms with Gasteiger partial charge in [0.2, 0.25) is 6.10 Å². The molecule has 0 radical (unpaired) electrons. The first-order chi connectivity index (χ1) is 20.8. The summed E-state index contributed by atoms with van der Waals surface area (Å²) in [5.41, 5.74) is 4.37. The molecule has 43 heavy (non-hydrogen) atoms. The summed E-state index contributed by atoms with van der Waals surface area (Å²) in [6.45, 7) is 3.35. The predicted octanol–water partition coefficient (Wildman–Crippen LogP) is 5.68. The number of nitrogens with one attached hydrogen (secondary N) is 1. The number of aromatic nitrogens is 2. The number of nitrogens with zero attached hydrogens (tertiary/aromatic N) is 3. The highest BCUT2D eigenvalue weighted by Crippen LogP contribution is 2.42. The van der Waals surface area contributed by atoms with E-state index in [4.69, 9.17) is 26.1 Å². The Morgan fingerprint density at radius 3 is 2.77 bits per heavy atom. The molecule has 3 aliphatic rings. The zero-order valence-corrected chi connectivity index (χ0v) is 23.8. The van der Waals surface area contributed by atoms with Crippen LogP contribution in [-0.2, 0) is 22.6 Å². The van der Waals surface area contributed by atoms with Crippen molar-refractivity contribution in [3.05, 3.63) is 94.0 Å². The van der Waals surface area contributed by atoms with Gasteiger partial charge in [0.05, 0.1) is 41.5 Å². The third-order valence-corrected chi connectivity index (χ3v) is 8.48. The number of halogens is 2. The molecule has 1 fully saturated rings. The molecule has 11 heteroatoms. The summed E-state index contributed by atoms with van der Waals surface area (Å²) in [5.74, 6) is -0.643. The lowest BCUT2D eigenvalue weighted by Crippen LogP contribution is -2.34. The van der Waals surface area contributed by atoms with Gasteiger partial charge in [0.1, 0.15) is 11.6 Å². The number of carbonyl (C=O) groups excluding carboxylic acids is 1. The highest BCUT2D eigenvalue weighted by Gasteiger charge is 2.33. The molecule has 3 aromatic carbocycles. The second-order valence-corrected chi connectivity index (χ2v) is 11.4. The Kier molecular flexibility index (Phi) is 7.12. The van der Waals surface area contributed by atoms with E-state index in [1.54, 1.807) is 24.3 Å². The van der Waals surface area contributed by atoms with Gasteiger partial charge in [-0.25, -0.2) is 14.2 Å². The average Bonchev–Trinajstić information content (AvgIpc) is 3.30. The van der Waals surface area contributed by atoms with E-state index in [9.17, 15) is 19.1 Å². The second kappa shape index (κ2) is 11.1. The molecule has 7 rings (SSSR count). The molecule has 2 N–H and O–H groups in total. The van der Waals surface area contributed by atoms with Gasteiger partial charge in [-0.05, 0) is 54.8 Å². The maximum absolute atomic E-state index is 14.7. The number of imidazole rings is 1. The molecule has 1 saturated heterocycles. The number of carboxylic acids is 1. The Morgan fingerprint density at radius 2 is 2.05 bits per heavy atom. The summed E-state index contributed by atoms with van der Waals surface area (Å²) in [4.78, 5) is 31.6. The normalized spacial score (nSPS) is 20.1. The number of ether oxygens (including phenoxy) is 2. The van der Waals surface area contributed by atoms with Crippen LogP contribution in [0.1, 0.15) is 46.3 Å². The largest absolute Gasteiger partial charge is 0.478 e. The lowest BCUT2D eigenvalue weighted by atomic mass is 9.96. The van der Waals surface area contributed by atoms with E-state index in [0.717, 1.165) is 54.0 Å². The third-order valence-electron chi connectivity index (χ3n) is 8.25. The van der Waals surface area contributed by atoms with Gasteiger partial charge in [-0.1, -0.05) is 35.9 Å². The fraction of sp³-hybridized carbons (Fsp3) is 0.281. The number of carbonyl (C=O) groups is 2. The molecule has 1 aromatic heterocycles. The molecule has 1 unspecified atom stereocenters. The van der Waals surface area contributed by atoms with E-state index in [2.05, 4.69) is 20.9 Å². The lowest BCUT2D eigenvalue weighted by molar-refractivity contribution is -0.123. The van der Waals surface area contributed by atoms with Crippen LogP contribution in [0.15, 0.2) is 60.7 Å². The van der Waals surface area contributed by atoms with Crippen LogP contribution in [0.5, 0.6) is 5.75 Å². The van der Waals surface area contributed by atoms with Gasteiger partial charge in [-0.2, -0.15) is 0 Å². The third kappa shape index (κ3) is 5.26. The maximum Gasteiger partial charge on any atom is 0.335 e. The van der Waals surface area contributed by atoms with Crippen molar-refractivity contribution in [1.29, 1.82) is 0 Å². The first kappa shape index (κ1) is 27.6. The van der Waals surface area contributed by atoms with Crippen molar-refractivity contribution in [2.24, 2.45) is 0 Å². The van der Waals surface area contributed by atoms with Crippen LogP contribution in [-0.4, -0.2) is 57.2 Å². The molecule has 4 heterocycles. The molecule has 0 saturated carbocycles. The first-order valence-corrected chi connectivity index (χ1v) is 14.5. The van der Waals surface area contributed by atoms with Gasteiger partial charge in [-0.15, -0.1) is 0 Å². The van der Waals surface area contributed by atoms with Crippen LogP contribution in [0.2, 0.25) is 5.02 Å². The number of benzene rings is 3. The highest BCUT2D eigenvalue weighted by atomic mass is 35.5. The average molecular weight is 603 g/mol. The number of aromatic carboxylic acids is 1. The van der Waals surface area contributed by atoms with Crippen LogP contribution in [0.25, 0.3) is 16.6 Å². The maximum atomic E-state index is 14.7. The Balaban J connectivity index is 1.13. The second-order valence-electron chi connectivity index (χ2n) is 11.0. The van der Waals surface area contributed by atoms with Crippen LogP contribution in [0.4, 0.5) is 10.1 Å². The molecule has 3 aliphatic heterocycles. The molecule has 1 amide bonds.